The number of hydrogen-bond donors (Lipinski definition) is 2. The van der Waals surface area contributed by atoms with Crippen LogP contribution >= 0.6 is 21.2 Å². The topological polar surface area (TPSA) is 86.3 Å². The lowest BCUT2D eigenvalue weighted by atomic mass is 10.0. The van der Waals surface area contributed by atoms with Crippen LogP contribution in [-0.2, 0) is 22.1 Å². The third kappa shape index (κ3) is 16.8. The van der Waals surface area contributed by atoms with Crippen LogP contribution in [0.3, 0.4) is 0 Å². The van der Waals surface area contributed by atoms with E-state index < -0.39 is 21.2 Å². The van der Waals surface area contributed by atoms with Crippen LogP contribution in [-0.4, -0.2) is 63.6 Å². The zero-order chi connectivity index (χ0) is 33.7. The Morgan fingerprint density at radius 3 is 1.76 bits per heavy atom. The van der Waals surface area contributed by atoms with Crippen LogP contribution in [0, 0.1) is 0 Å². The van der Waals surface area contributed by atoms with E-state index in [0.717, 1.165) is 32.1 Å². The van der Waals surface area contributed by atoms with Gasteiger partial charge in [-0.3, -0.25) is 13.5 Å². The van der Waals surface area contributed by atoms with E-state index in [1.54, 1.807) is 0 Å². The van der Waals surface area contributed by atoms with E-state index in [4.69, 9.17) is 17.3 Å². The summed E-state index contributed by atoms with van der Waals surface area (Å²) in [6, 6.07) is 0. The molecule has 0 radical (unpaired) electrons. The molecule has 2 atom stereocenters. The van der Waals surface area contributed by atoms with Crippen molar-refractivity contribution >= 4 is 27.1 Å². The standard InChI is InChI=1S/C36H75NO6S2/c1-10-11-12-13-14-15-16-17-18-19-20-21-22-24-35(38)37-27-23-28-40-36-26-25-34(42-36)29-41-45(32(6)7,33(8)9)43-44(39,30(2)3)31(4)5/h30-34,36,39H,10-29H2,1-9H3,(H,37,38)/t34?,36-/m1/s1. The molecule has 1 fully saturated rings. The van der Waals surface area contributed by atoms with E-state index in [9.17, 15) is 9.35 Å². The maximum atomic E-state index is 12.2. The van der Waals surface area contributed by atoms with Crippen molar-refractivity contribution in [2.45, 2.75) is 205 Å². The van der Waals surface area contributed by atoms with Gasteiger partial charge in [0.15, 0.2) is 6.29 Å². The molecule has 7 nitrogen and oxygen atoms in total. The van der Waals surface area contributed by atoms with Crippen LogP contribution < -0.4 is 5.32 Å². The summed E-state index contributed by atoms with van der Waals surface area (Å²) in [6.07, 6.45) is 19.9. The van der Waals surface area contributed by atoms with Gasteiger partial charge >= 0.3 is 0 Å². The highest BCUT2D eigenvalue weighted by Gasteiger charge is 2.40. The second kappa shape index (κ2) is 24.2. The molecule has 1 aliphatic heterocycles. The highest BCUT2D eigenvalue weighted by atomic mass is 32.4. The smallest absolute Gasteiger partial charge is 0.219 e. The molecule has 0 saturated carbocycles. The number of hydrogen-bond acceptors (Lipinski definition) is 6. The Labute approximate surface area is 282 Å². The number of ether oxygens (including phenoxy) is 2. The number of carbonyl (C=O) groups excluding carboxylic acids is 1. The van der Waals surface area contributed by atoms with E-state index in [0.29, 0.717) is 26.2 Å². The molecule has 1 saturated heterocycles. The molecular formula is C36H75NO6S2. The molecule has 1 unspecified atom stereocenters. The van der Waals surface area contributed by atoms with E-state index >= 15 is 0 Å². The summed E-state index contributed by atoms with van der Waals surface area (Å²) in [4.78, 5) is 12.2. The number of nitrogens with one attached hydrogen (secondary N) is 1. The Hall–Kier alpha value is -0.0300. The first-order valence-corrected chi connectivity index (χ1v) is 21.9. The van der Waals surface area contributed by atoms with E-state index in [1.165, 1.54) is 70.6 Å². The van der Waals surface area contributed by atoms with Crippen LogP contribution in [0.15, 0.2) is 0 Å². The third-order valence-electron chi connectivity index (χ3n) is 8.84. The highest BCUT2D eigenvalue weighted by molar-refractivity contribution is 8.38. The van der Waals surface area contributed by atoms with Gasteiger partial charge in [0.1, 0.15) is 0 Å². The Morgan fingerprint density at radius 2 is 1.27 bits per heavy atom. The van der Waals surface area contributed by atoms with Crippen molar-refractivity contribution in [2.24, 2.45) is 0 Å². The fourth-order valence-corrected chi connectivity index (χ4v) is 13.0. The van der Waals surface area contributed by atoms with Gasteiger partial charge in [0.2, 0.25) is 5.91 Å². The van der Waals surface area contributed by atoms with Gasteiger partial charge in [-0.15, -0.1) is 0 Å². The summed E-state index contributed by atoms with van der Waals surface area (Å²) in [5.41, 5.74) is 0. The van der Waals surface area contributed by atoms with Crippen molar-refractivity contribution in [3.63, 3.8) is 0 Å². The average molecular weight is 682 g/mol. The van der Waals surface area contributed by atoms with Gasteiger partial charge in [-0.05, 0) is 74.7 Å². The molecule has 0 aromatic rings. The molecule has 45 heavy (non-hydrogen) atoms. The zero-order valence-corrected chi connectivity index (χ0v) is 32.5. The van der Waals surface area contributed by atoms with Crippen LogP contribution in [0.4, 0.5) is 0 Å². The second-order valence-corrected chi connectivity index (χ2v) is 21.0. The molecule has 1 rings (SSSR count). The molecule has 0 aromatic carbocycles. The van der Waals surface area contributed by atoms with Crippen molar-refractivity contribution in [3.05, 3.63) is 0 Å². The number of amides is 1. The molecule has 9 heteroatoms. The quantitative estimate of drug-likeness (QED) is 0.0799. The first-order valence-electron chi connectivity index (χ1n) is 18.6. The average Bonchev–Trinajstić information content (AvgIpc) is 3.44. The lowest BCUT2D eigenvalue weighted by Gasteiger charge is -2.58. The minimum absolute atomic E-state index is 0.0231. The SMILES string of the molecule is CCCCCCCCCCCCCCCC(=O)NCCCO[C@H]1CCC(COS(OS(O)(C(C)C)C(C)C)(C(C)C)C(C)C)O1. The molecule has 1 aliphatic rings. The largest absolute Gasteiger partial charge is 0.356 e. The fraction of sp³-hybridized carbons (Fsp3) is 0.972. The van der Waals surface area contributed by atoms with Gasteiger partial charge in [0.25, 0.3) is 0 Å². The lowest BCUT2D eigenvalue weighted by molar-refractivity contribution is -0.139. The fourth-order valence-electron chi connectivity index (χ4n) is 5.87. The van der Waals surface area contributed by atoms with Crippen molar-refractivity contribution in [2.75, 3.05) is 19.8 Å². The number of carbonyl (C=O) groups is 1. The summed E-state index contributed by atoms with van der Waals surface area (Å²) in [5, 5.41) is 3.37. The number of unbranched alkanes of at least 4 members (excludes halogenated alkanes) is 12. The van der Waals surface area contributed by atoms with Crippen LogP contribution in [0.5, 0.6) is 0 Å². The van der Waals surface area contributed by atoms with Gasteiger partial charge < -0.3 is 14.8 Å². The molecule has 0 spiro atoms. The molecule has 1 heterocycles. The monoisotopic (exact) mass is 682 g/mol. The molecule has 0 aromatic heterocycles. The van der Waals surface area contributed by atoms with Crippen LogP contribution in [0.1, 0.15) is 171 Å². The van der Waals surface area contributed by atoms with Crippen molar-refractivity contribution in [1.82, 2.24) is 5.32 Å². The van der Waals surface area contributed by atoms with Crippen LogP contribution in [0.25, 0.3) is 0 Å². The van der Waals surface area contributed by atoms with Crippen LogP contribution in [0.2, 0.25) is 0 Å². The highest BCUT2D eigenvalue weighted by Crippen LogP contribution is 2.71. The normalized spacial score (nSPS) is 18.5. The molecule has 272 valence electrons. The molecule has 1 amide bonds. The van der Waals surface area contributed by atoms with E-state index in [2.05, 4.69) is 39.9 Å². The Kier molecular flexibility index (Phi) is 23.1. The van der Waals surface area contributed by atoms with Gasteiger partial charge in [0.05, 0.1) is 19.3 Å². The van der Waals surface area contributed by atoms with Crippen molar-refractivity contribution in [3.8, 4) is 0 Å². The third-order valence-corrected chi connectivity index (χ3v) is 16.4. The van der Waals surface area contributed by atoms with Gasteiger partial charge in [-0.2, -0.15) is 24.8 Å². The van der Waals surface area contributed by atoms with Gasteiger partial charge in [-0.25, -0.2) is 0 Å². The molecule has 0 bridgehead atoms. The summed E-state index contributed by atoms with van der Waals surface area (Å²) in [7, 11) is -4.31. The first kappa shape index (κ1) is 43.0. The molecule has 0 aliphatic carbocycles. The molecular weight excluding hydrogens is 607 g/mol. The maximum Gasteiger partial charge on any atom is 0.219 e. The first-order chi connectivity index (χ1) is 21.4. The Morgan fingerprint density at radius 1 is 0.756 bits per heavy atom. The molecule has 2 N–H and O–H groups in total. The minimum Gasteiger partial charge on any atom is -0.356 e. The zero-order valence-electron chi connectivity index (χ0n) is 30.9. The second-order valence-electron chi connectivity index (χ2n) is 14.1. The van der Waals surface area contributed by atoms with E-state index in [-0.39, 0.29) is 39.3 Å². The Balaban J connectivity index is 2.19. The summed E-state index contributed by atoms with van der Waals surface area (Å²) >= 11 is 0. The van der Waals surface area contributed by atoms with E-state index in [1.807, 2.05) is 27.7 Å². The van der Waals surface area contributed by atoms with Gasteiger partial charge in [-0.1, -0.05) is 84.0 Å². The van der Waals surface area contributed by atoms with Crippen molar-refractivity contribution in [1.29, 1.82) is 0 Å². The predicted molar refractivity (Wildman–Crippen MR) is 197 cm³/mol. The predicted octanol–water partition coefficient (Wildman–Crippen LogP) is 11.0. The maximum absolute atomic E-state index is 12.2. The Bertz CT molecular complexity index is 735. The minimum atomic E-state index is -2.30. The summed E-state index contributed by atoms with van der Waals surface area (Å²) in [6.45, 7) is 20.6. The van der Waals surface area contributed by atoms with Crippen molar-refractivity contribution < 1.29 is 26.6 Å². The summed E-state index contributed by atoms with van der Waals surface area (Å²) < 4.78 is 37.1. The van der Waals surface area contributed by atoms with Gasteiger partial charge in [0, 0.05) is 40.4 Å². The summed E-state index contributed by atoms with van der Waals surface area (Å²) in [5.74, 6) is 0.152. The lowest BCUT2D eigenvalue weighted by Crippen LogP contribution is -2.34. The number of rotatable bonds is 28.